The number of hydrogen-bond donors (Lipinski definition) is 1. The first-order valence-corrected chi connectivity index (χ1v) is 9.40. The van der Waals surface area contributed by atoms with Gasteiger partial charge >= 0.3 is 0 Å². The van der Waals surface area contributed by atoms with E-state index in [0.717, 1.165) is 20.3 Å². The summed E-state index contributed by atoms with van der Waals surface area (Å²) in [5.41, 5.74) is 10.6. The van der Waals surface area contributed by atoms with E-state index in [1.165, 1.54) is 21.9 Å². The van der Waals surface area contributed by atoms with Crippen molar-refractivity contribution in [1.29, 1.82) is 0 Å². The van der Waals surface area contributed by atoms with Crippen LogP contribution in [0.5, 0.6) is 0 Å². The van der Waals surface area contributed by atoms with Crippen molar-refractivity contribution in [1.82, 2.24) is 0 Å². The van der Waals surface area contributed by atoms with Gasteiger partial charge in [0.2, 0.25) is 5.96 Å². The fourth-order valence-electron chi connectivity index (χ4n) is 3.09. The summed E-state index contributed by atoms with van der Waals surface area (Å²) >= 11 is 6.99. The van der Waals surface area contributed by atoms with Crippen molar-refractivity contribution in [2.75, 3.05) is 11.9 Å². The van der Waals surface area contributed by atoms with Crippen LogP contribution >= 0.6 is 31.9 Å². The molecule has 0 bridgehead atoms. The molecule has 124 valence electrons. The van der Waals surface area contributed by atoms with Crippen molar-refractivity contribution in [3.63, 3.8) is 0 Å². The molecule has 0 spiro atoms. The van der Waals surface area contributed by atoms with Gasteiger partial charge in [0.05, 0.1) is 11.4 Å². The lowest BCUT2D eigenvalue weighted by Crippen LogP contribution is -2.34. The van der Waals surface area contributed by atoms with Gasteiger partial charge in [0.1, 0.15) is 0 Å². The van der Waals surface area contributed by atoms with E-state index in [0.29, 0.717) is 5.96 Å². The largest absolute Gasteiger partial charge is 0.369 e. The average Bonchev–Trinajstić information content (AvgIpc) is 3.04. The van der Waals surface area contributed by atoms with E-state index in [1.807, 2.05) is 30.1 Å². The molecule has 0 saturated heterocycles. The number of anilines is 1. The smallest absolute Gasteiger partial charge is 0.200 e. The topological polar surface area (TPSA) is 41.6 Å². The average molecular weight is 457 g/mol. The molecule has 5 heteroatoms. The zero-order valence-corrected chi connectivity index (χ0v) is 16.7. The Morgan fingerprint density at radius 1 is 1.04 bits per heavy atom. The summed E-state index contributed by atoms with van der Waals surface area (Å²) in [7, 11) is 1.94. The molecule has 0 atom stereocenters. The summed E-state index contributed by atoms with van der Waals surface area (Å²) in [5, 5.41) is 2.50. The Morgan fingerprint density at radius 2 is 1.88 bits per heavy atom. The molecule has 3 aromatic rings. The number of hydrogen-bond acceptors (Lipinski definition) is 1. The molecule has 25 heavy (non-hydrogen) atoms. The molecule has 0 heterocycles. The van der Waals surface area contributed by atoms with Crippen molar-refractivity contribution >= 4 is 72.1 Å². The first-order valence-electron chi connectivity index (χ1n) is 7.81. The van der Waals surface area contributed by atoms with Crippen LogP contribution in [0.15, 0.2) is 62.5 Å². The third-order valence-corrected chi connectivity index (χ3v) is 5.54. The van der Waals surface area contributed by atoms with Gasteiger partial charge < -0.3 is 10.6 Å². The predicted molar refractivity (Wildman–Crippen MR) is 114 cm³/mol. The van der Waals surface area contributed by atoms with Crippen LogP contribution in [0.3, 0.4) is 0 Å². The van der Waals surface area contributed by atoms with Crippen LogP contribution < -0.4 is 10.6 Å². The highest BCUT2D eigenvalue weighted by molar-refractivity contribution is 9.11. The molecule has 3 nitrogen and oxygen atoms in total. The Kier molecular flexibility index (Phi) is 4.13. The maximum absolute atomic E-state index is 6.30. The number of halogens is 2. The van der Waals surface area contributed by atoms with Gasteiger partial charge in [-0.3, -0.25) is 0 Å². The number of rotatable bonds is 2. The lowest BCUT2D eigenvalue weighted by Gasteiger charge is -2.21. The molecule has 4 rings (SSSR count). The van der Waals surface area contributed by atoms with Crippen molar-refractivity contribution in [2.24, 2.45) is 10.7 Å². The number of aliphatic imine (C=N–C) groups is 1. The number of nitrogens with two attached hydrogens (primary N) is 1. The van der Waals surface area contributed by atoms with Crippen LogP contribution in [0, 0.1) is 0 Å². The third-order valence-electron chi connectivity index (χ3n) is 4.37. The molecule has 0 saturated carbocycles. The molecular weight excluding hydrogens is 442 g/mol. The monoisotopic (exact) mass is 455 g/mol. The Balaban J connectivity index is 1.78. The van der Waals surface area contributed by atoms with Gasteiger partial charge in [-0.1, -0.05) is 52.3 Å². The zero-order chi connectivity index (χ0) is 17.6. The molecule has 0 fully saturated rings. The van der Waals surface area contributed by atoms with Crippen LogP contribution in [0.1, 0.15) is 11.1 Å². The molecule has 1 aliphatic rings. The minimum atomic E-state index is 0.437. The highest BCUT2D eigenvalue weighted by Gasteiger charge is 2.17. The molecule has 1 aliphatic carbocycles. The van der Waals surface area contributed by atoms with Crippen LogP contribution in [0.25, 0.3) is 22.9 Å². The van der Waals surface area contributed by atoms with E-state index in [1.54, 1.807) is 0 Å². The zero-order valence-electron chi connectivity index (χ0n) is 13.5. The quantitative estimate of drug-likeness (QED) is 0.300. The molecule has 0 amide bonds. The van der Waals surface area contributed by atoms with Gasteiger partial charge in [0, 0.05) is 21.6 Å². The van der Waals surface area contributed by atoms with E-state index in [-0.39, 0.29) is 0 Å². The first kappa shape index (κ1) is 16.4. The molecule has 0 aliphatic heterocycles. The lowest BCUT2D eigenvalue weighted by atomic mass is 10.0. The third kappa shape index (κ3) is 2.87. The normalized spacial score (nSPS) is 12.8. The minimum Gasteiger partial charge on any atom is -0.369 e. The SMILES string of the molecule is CN(C(N)=Nc1cc(Br)ccc1Br)c1ccc2cccc3c2c1C=C3. The standard InChI is InChI=1S/C20H15Br2N3/c1-25(20(23)24-17-11-14(21)7-9-16(17)22)18-10-6-13-4-2-3-12-5-8-15(18)19(12)13/h2-11H,1H3,(H2,23,24). The second kappa shape index (κ2) is 6.32. The maximum Gasteiger partial charge on any atom is 0.200 e. The van der Waals surface area contributed by atoms with Crippen LogP contribution in [-0.2, 0) is 0 Å². The Hall–Kier alpha value is -2.11. The Morgan fingerprint density at radius 3 is 2.72 bits per heavy atom. The predicted octanol–water partition coefficient (Wildman–Crippen LogP) is 5.93. The van der Waals surface area contributed by atoms with Gasteiger partial charge in [0.15, 0.2) is 0 Å². The molecule has 2 N–H and O–H groups in total. The number of guanidine groups is 1. The van der Waals surface area contributed by atoms with Gasteiger partial charge in [-0.05, 0) is 56.5 Å². The number of nitrogens with zero attached hydrogens (tertiary/aromatic N) is 2. The Labute approximate surface area is 163 Å². The second-order valence-corrected chi connectivity index (χ2v) is 7.67. The lowest BCUT2D eigenvalue weighted by molar-refractivity contribution is 1.22. The molecule has 0 unspecified atom stereocenters. The van der Waals surface area contributed by atoms with Crippen molar-refractivity contribution < 1.29 is 0 Å². The van der Waals surface area contributed by atoms with E-state index in [4.69, 9.17) is 5.73 Å². The Bertz CT molecular complexity index is 1050. The van der Waals surface area contributed by atoms with E-state index in [9.17, 15) is 0 Å². The van der Waals surface area contributed by atoms with Crippen molar-refractivity contribution in [2.45, 2.75) is 0 Å². The van der Waals surface area contributed by atoms with Crippen molar-refractivity contribution in [3.05, 3.63) is 68.6 Å². The van der Waals surface area contributed by atoms with Crippen LogP contribution in [0.2, 0.25) is 0 Å². The molecule has 3 aromatic carbocycles. The summed E-state index contributed by atoms with van der Waals surface area (Å²) in [5.74, 6) is 0.437. The summed E-state index contributed by atoms with van der Waals surface area (Å²) in [6.07, 6.45) is 4.29. The van der Waals surface area contributed by atoms with Gasteiger partial charge in [-0.25, -0.2) is 4.99 Å². The summed E-state index contributed by atoms with van der Waals surface area (Å²) in [6, 6.07) is 16.4. The molecule has 0 radical (unpaired) electrons. The summed E-state index contributed by atoms with van der Waals surface area (Å²) < 4.78 is 1.86. The highest BCUT2D eigenvalue weighted by Crippen LogP contribution is 2.37. The van der Waals surface area contributed by atoms with E-state index < -0.39 is 0 Å². The fourth-order valence-corrected chi connectivity index (χ4v) is 3.78. The second-order valence-electron chi connectivity index (χ2n) is 5.90. The van der Waals surface area contributed by atoms with Crippen LogP contribution in [0.4, 0.5) is 11.4 Å². The fraction of sp³-hybridized carbons (Fsp3) is 0.0500. The first-order chi connectivity index (χ1) is 12.0. The van der Waals surface area contributed by atoms with Gasteiger partial charge in [-0.15, -0.1) is 0 Å². The molecular formula is C20H15Br2N3. The van der Waals surface area contributed by atoms with Crippen LogP contribution in [-0.4, -0.2) is 13.0 Å². The minimum absolute atomic E-state index is 0.437. The van der Waals surface area contributed by atoms with E-state index in [2.05, 4.69) is 79.3 Å². The maximum atomic E-state index is 6.30. The van der Waals surface area contributed by atoms with Gasteiger partial charge in [0.25, 0.3) is 0 Å². The highest BCUT2D eigenvalue weighted by atomic mass is 79.9. The van der Waals surface area contributed by atoms with E-state index >= 15 is 0 Å². The van der Waals surface area contributed by atoms with Crippen molar-refractivity contribution in [3.8, 4) is 0 Å². The molecule has 0 aromatic heterocycles. The summed E-state index contributed by atoms with van der Waals surface area (Å²) in [6.45, 7) is 0. The summed E-state index contributed by atoms with van der Waals surface area (Å²) in [4.78, 5) is 6.51. The van der Waals surface area contributed by atoms with Gasteiger partial charge in [-0.2, -0.15) is 0 Å². The number of benzene rings is 3.